The van der Waals surface area contributed by atoms with Gasteiger partial charge in [0.05, 0.1) is 6.07 Å². The number of rotatable bonds is 5. The van der Waals surface area contributed by atoms with Crippen LogP contribution in [0.2, 0.25) is 0 Å². The van der Waals surface area contributed by atoms with Crippen molar-refractivity contribution in [1.82, 2.24) is 5.32 Å². The van der Waals surface area contributed by atoms with Crippen LogP contribution in [0.5, 0.6) is 0 Å². The zero-order chi connectivity index (χ0) is 19.7. The molecule has 0 atom stereocenters. The fourth-order valence-electron chi connectivity index (χ4n) is 4.36. The van der Waals surface area contributed by atoms with Crippen LogP contribution in [-0.4, -0.2) is 29.3 Å². The molecule has 0 radical (unpaired) electrons. The van der Waals surface area contributed by atoms with Gasteiger partial charge in [0.1, 0.15) is 12.1 Å². The smallest absolute Gasteiger partial charge is 0.408 e. The lowest BCUT2D eigenvalue weighted by molar-refractivity contribution is -0.150. The van der Waals surface area contributed by atoms with Gasteiger partial charge in [-0.2, -0.15) is 5.26 Å². The Labute approximate surface area is 162 Å². The van der Waals surface area contributed by atoms with Crippen LogP contribution in [0.25, 0.3) is 11.1 Å². The van der Waals surface area contributed by atoms with Crippen molar-refractivity contribution in [2.24, 2.45) is 5.92 Å². The van der Waals surface area contributed by atoms with E-state index in [1.165, 1.54) is 0 Å². The molecule has 2 aliphatic rings. The van der Waals surface area contributed by atoms with Gasteiger partial charge in [-0.1, -0.05) is 48.5 Å². The number of carboxylic acid groups (broad SMARTS) is 1. The summed E-state index contributed by atoms with van der Waals surface area (Å²) in [4.78, 5) is 24.0. The predicted octanol–water partition coefficient (Wildman–Crippen LogP) is 3.67. The van der Waals surface area contributed by atoms with Crippen molar-refractivity contribution < 1.29 is 19.4 Å². The number of ether oxygens (including phenoxy) is 1. The van der Waals surface area contributed by atoms with Gasteiger partial charge in [-0.3, -0.25) is 0 Å². The number of nitrogens with one attached hydrogen (secondary N) is 1. The standard InChI is InChI=1S/C22H20N2O4/c23-10-9-14-11-22(12-14,20(25)26)24-21(27)28-13-19-17-7-3-1-5-15(17)16-6-2-4-8-18(16)19/h1-8,14,19H,9,11-13H2,(H,24,27)(H,25,26). The number of alkyl carbamates (subject to hydrolysis) is 1. The van der Waals surface area contributed by atoms with Gasteiger partial charge in [-0.25, -0.2) is 9.59 Å². The van der Waals surface area contributed by atoms with Gasteiger partial charge < -0.3 is 15.2 Å². The molecule has 4 rings (SSSR count). The summed E-state index contributed by atoms with van der Waals surface area (Å²) < 4.78 is 5.44. The molecule has 6 nitrogen and oxygen atoms in total. The molecule has 1 fully saturated rings. The van der Waals surface area contributed by atoms with Crippen molar-refractivity contribution in [1.29, 1.82) is 5.26 Å². The number of aliphatic carboxylic acids is 1. The number of nitrogens with zero attached hydrogens (tertiary/aromatic N) is 1. The third kappa shape index (κ3) is 2.99. The second-order valence-electron chi connectivity index (χ2n) is 7.47. The highest BCUT2D eigenvalue weighted by molar-refractivity contribution is 5.85. The van der Waals surface area contributed by atoms with Crippen LogP contribution >= 0.6 is 0 Å². The van der Waals surface area contributed by atoms with Crippen molar-refractivity contribution in [2.75, 3.05) is 6.61 Å². The Balaban J connectivity index is 1.44. The van der Waals surface area contributed by atoms with Crippen molar-refractivity contribution in [3.8, 4) is 17.2 Å². The Morgan fingerprint density at radius 2 is 1.68 bits per heavy atom. The average molecular weight is 376 g/mol. The van der Waals surface area contributed by atoms with Gasteiger partial charge in [0.2, 0.25) is 0 Å². The third-order valence-electron chi connectivity index (χ3n) is 5.75. The number of hydrogen-bond acceptors (Lipinski definition) is 4. The average Bonchev–Trinajstić information content (AvgIpc) is 2.98. The molecule has 0 spiro atoms. The van der Waals surface area contributed by atoms with E-state index in [2.05, 4.69) is 17.4 Å². The first kappa shape index (κ1) is 18.1. The zero-order valence-electron chi connectivity index (χ0n) is 15.2. The van der Waals surface area contributed by atoms with Crippen molar-refractivity contribution in [3.05, 3.63) is 59.7 Å². The molecule has 2 aromatic rings. The van der Waals surface area contributed by atoms with Crippen LogP contribution in [0.1, 0.15) is 36.3 Å². The Morgan fingerprint density at radius 3 is 2.21 bits per heavy atom. The molecule has 0 saturated heterocycles. The van der Waals surface area contributed by atoms with E-state index >= 15 is 0 Å². The molecular formula is C22H20N2O4. The summed E-state index contributed by atoms with van der Waals surface area (Å²) in [6.07, 6.45) is 0.0568. The van der Waals surface area contributed by atoms with Gasteiger partial charge in [-0.05, 0) is 41.0 Å². The van der Waals surface area contributed by atoms with Crippen LogP contribution in [0.3, 0.4) is 0 Å². The predicted molar refractivity (Wildman–Crippen MR) is 102 cm³/mol. The van der Waals surface area contributed by atoms with Gasteiger partial charge >= 0.3 is 12.1 Å². The second-order valence-corrected chi connectivity index (χ2v) is 7.47. The fraction of sp³-hybridized carbons (Fsp3) is 0.318. The third-order valence-corrected chi connectivity index (χ3v) is 5.75. The Morgan fingerprint density at radius 1 is 1.11 bits per heavy atom. The summed E-state index contributed by atoms with van der Waals surface area (Å²) in [5.74, 6) is -1.17. The van der Waals surface area contributed by atoms with E-state index in [-0.39, 0.29) is 31.3 Å². The molecule has 1 saturated carbocycles. The molecule has 142 valence electrons. The van der Waals surface area contributed by atoms with Crippen LogP contribution in [0, 0.1) is 17.2 Å². The molecule has 2 N–H and O–H groups in total. The SMILES string of the molecule is N#CCC1CC(NC(=O)OCC2c3ccccc3-c3ccccc32)(C(=O)O)C1. The summed E-state index contributed by atoms with van der Waals surface area (Å²) in [5, 5.41) is 20.8. The minimum absolute atomic E-state index is 0.00464. The zero-order valence-corrected chi connectivity index (χ0v) is 15.2. The molecule has 0 unspecified atom stereocenters. The first-order valence-corrected chi connectivity index (χ1v) is 9.27. The number of benzene rings is 2. The van der Waals surface area contributed by atoms with Crippen LogP contribution < -0.4 is 5.32 Å². The highest BCUT2D eigenvalue weighted by Gasteiger charge is 2.51. The maximum Gasteiger partial charge on any atom is 0.408 e. The molecule has 2 aromatic carbocycles. The van der Waals surface area contributed by atoms with E-state index < -0.39 is 17.6 Å². The maximum absolute atomic E-state index is 12.3. The first-order valence-electron chi connectivity index (χ1n) is 9.27. The highest BCUT2D eigenvalue weighted by Crippen LogP contribution is 2.44. The van der Waals surface area contributed by atoms with Gasteiger partial charge in [-0.15, -0.1) is 0 Å². The summed E-state index contributed by atoms with van der Waals surface area (Å²) in [5.41, 5.74) is 3.13. The molecule has 2 aliphatic carbocycles. The monoisotopic (exact) mass is 376 g/mol. The number of carbonyl (C=O) groups excluding carboxylic acids is 1. The van der Waals surface area contributed by atoms with Gasteiger partial charge in [0.25, 0.3) is 0 Å². The maximum atomic E-state index is 12.3. The van der Waals surface area contributed by atoms with E-state index in [9.17, 15) is 14.7 Å². The van der Waals surface area contributed by atoms with E-state index in [4.69, 9.17) is 10.00 Å². The normalized spacial score (nSPS) is 22.3. The van der Waals surface area contributed by atoms with Crippen molar-refractivity contribution >= 4 is 12.1 Å². The van der Waals surface area contributed by atoms with E-state index in [0.29, 0.717) is 6.42 Å². The lowest BCUT2D eigenvalue weighted by atomic mass is 9.67. The molecule has 0 bridgehead atoms. The number of carbonyl (C=O) groups is 2. The molecule has 0 aromatic heterocycles. The number of amides is 1. The van der Waals surface area contributed by atoms with E-state index in [0.717, 1.165) is 22.3 Å². The minimum atomic E-state index is -1.33. The number of fused-ring (bicyclic) bond motifs is 3. The molecular weight excluding hydrogens is 356 g/mol. The topological polar surface area (TPSA) is 99.4 Å². The summed E-state index contributed by atoms with van der Waals surface area (Å²) >= 11 is 0. The first-order chi connectivity index (χ1) is 13.5. The summed E-state index contributed by atoms with van der Waals surface area (Å²) in [6.45, 7) is 0.136. The number of carboxylic acids is 1. The Kier molecular flexibility index (Phi) is 4.52. The molecule has 0 heterocycles. The van der Waals surface area contributed by atoms with Gasteiger partial charge in [0.15, 0.2) is 0 Å². The summed E-state index contributed by atoms with van der Waals surface area (Å²) in [6, 6.07) is 18.1. The Bertz CT molecular complexity index is 927. The van der Waals surface area contributed by atoms with Crippen LogP contribution in [0.15, 0.2) is 48.5 Å². The highest BCUT2D eigenvalue weighted by atomic mass is 16.5. The largest absolute Gasteiger partial charge is 0.480 e. The Hall–Kier alpha value is -3.33. The van der Waals surface area contributed by atoms with Crippen LogP contribution in [0.4, 0.5) is 4.79 Å². The van der Waals surface area contributed by atoms with Crippen molar-refractivity contribution in [2.45, 2.75) is 30.7 Å². The number of nitriles is 1. The van der Waals surface area contributed by atoms with Gasteiger partial charge in [0, 0.05) is 12.3 Å². The number of hydrogen-bond donors (Lipinski definition) is 2. The lowest BCUT2D eigenvalue weighted by Crippen LogP contribution is -2.62. The van der Waals surface area contributed by atoms with E-state index in [1.807, 2.05) is 42.5 Å². The fourth-order valence-corrected chi connectivity index (χ4v) is 4.36. The molecule has 0 aliphatic heterocycles. The summed E-state index contributed by atoms with van der Waals surface area (Å²) in [7, 11) is 0. The van der Waals surface area contributed by atoms with Crippen molar-refractivity contribution in [3.63, 3.8) is 0 Å². The quantitative estimate of drug-likeness (QED) is 0.829. The van der Waals surface area contributed by atoms with Crippen LogP contribution in [-0.2, 0) is 9.53 Å². The molecule has 28 heavy (non-hydrogen) atoms. The second kappa shape index (κ2) is 7.01. The lowest BCUT2D eigenvalue weighted by Gasteiger charge is -2.43. The molecule has 6 heteroatoms. The van der Waals surface area contributed by atoms with E-state index in [1.54, 1.807) is 0 Å². The minimum Gasteiger partial charge on any atom is -0.480 e. The molecule has 1 amide bonds.